The zero-order chi connectivity index (χ0) is 14.4. The van der Waals surface area contributed by atoms with E-state index in [0.717, 1.165) is 16.7 Å². The van der Waals surface area contributed by atoms with E-state index in [1.165, 1.54) is 0 Å². The monoisotopic (exact) mass is 271 g/mol. The normalized spacial score (nSPS) is 10.4. The maximum atomic E-state index is 10.7. The molecule has 4 nitrogen and oxygen atoms in total. The van der Waals surface area contributed by atoms with Crippen LogP contribution >= 0.6 is 0 Å². The summed E-state index contributed by atoms with van der Waals surface area (Å²) in [4.78, 5) is 10.7. The molecule has 0 aliphatic carbocycles. The average molecular weight is 271 g/mol. The molecule has 0 bridgehead atoms. The molecule has 2 rings (SSSR count). The molecule has 2 aromatic carbocycles. The Labute approximate surface area is 117 Å². The third-order valence-electron chi connectivity index (χ3n) is 3.03. The lowest BCUT2D eigenvalue weighted by Gasteiger charge is -2.07. The molecule has 0 radical (unpaired) electrons. The maximum Gasteiger partial charge on any atom is 0.335 e. The first-order chi connectivity index (χ1) is 9.69. The van der Waals surface area contributed by atoms with Crippen LogP contribution in [0.15, 0.2) is 48.5 Å². The van der Waals surface area contributed by atoms with Gasteiger partial charge in [-0.15, -0.1) is 0 Å². The number of aromatic carboxylic acids is 1. The van der Waals surface area contributed by atoms with Gasteiger partial charge < -0.3 is 15.5 Å². The SMILES string of the molecule is O=C(O)c1ccc(CNCc2cccc(CO)c2)cc1. The van der Waals surface area contributed by atoms with E-state index in [1.807, 2.05) is 24.3 Å². The number of carbonyl (C=O) groups is 1. The van der Waals surface area contributed by atoms with Crippen molar-refractivity contribution in [2.24, 2.45) is 0 Å². The van der Waals surface area contributed by atoms with E-state index in [9.17, 15) is 4.79 Å². The summed E-state index contributed by atoms with van der Waals surface area (Å²) in [6, 6.07) is 14.6. The molecular weight excluding hydrogens is 254 g/mol. The van der Waals surface area contributed by atoms with E-state index < -0.39 is 5.97 Å². The van der Waals surface area contributed by atoms with Gasteiger partial charge in [0.2, 0.25) is 0 Å². The number of carboxylic acids is 1. The fourth-order valence-corrected chi connectivity index (χ4v) is 1.95. The first kappa shape index (κ1) is 14.2. The lowest BCUT2D eigenvalue weighted by atomic mass is 10.1. The molecule has 0 atom stereocenters. The molecule has 0 amide bonds. The number of aliphatic hydroxyl groups is 1. The fraction of sp³-hybridized carbons (Fsp3) is 0.188. The van der Waals surface area contributed by atoms with E-state index in [4.69, 9.17) is 10.2 Å². The van der Waals surface area contributed by atoms with Crippen molar-refractivity contribution in [2.45, 2.75) is 19.7 Å². The van der Waals surface area contributed by atoms with Crippen molar-refractivity contribution in [3.05, 3.63) is 70.8 Å². The number of nitrogens with one attached hydrogen (secondary N) is 1. The van der Waals surface area contributed by atoms with Gasteiger partial charge in [-0.2, -0.15) is 0 Å². The van der Waals surface area contributed by atoms with Gasteiger partial charge in [-0.1, -0.05) is 36.4 Å². The second-order valence-electron chi connectivity index (χ2n) is 4.58. The number of hydrogen-bond donors (Lipinski definition) is 3. The van der Waals surface area contributed by atoms with Gasteiger partial charge in [0, 0.05) is 13.1 Å². The molecule has 0 aliphatic rings. The predicted octanol–water partition coefficient (Wildman–Crippen LogP) is 2.17. The van der Waals surface area contributed by atoms with Crippen LogP contribution in [0.2, 0.25) is 0 Å². The van der Waals surface area contributed by atoms with E-state index in [0.29, 0.717) is 18.7 Å². The Morgan fingerprint density at radius 1 is 0.950 bits per heavy atom. The summed E-state index contributed by atoms with van der Waals surface area (Å²) in [5.74, 6) is -0.912. The Kier molecular flexibility index (Phi) is 4.87. The Morgan fingerprint density at radius 2 is 1.60 bits per heavy atom. The minimum Gasteiger partial charge on any atom is -0.478 e. The first-order valence-electron chi connectivity index (χ1n) is 6.40. The van der Waals surface area contributed by atoms with E-state index >= 15 is 0 Å². The topological polar surface area (TPSA) is 69.6 Å². The highest BCUT2D eigenvalue weighted by Gasteiger charge is 2.01. The minimum atomic E-state index is -0.912. The molecule has 104 valence electrons. The highest BCUT2D eigenvalue weighted by molar-refractivity contribution is 5.87. The molecule has 0 heterocycles. The van der Waals surface area contributed by atoms with Gasteiger partial charge in [-0.05, 0) is 28.8 Å². The lowest BCUT2D eigenvalue weighted by Crippen LogP contribution is -2.13. The van der Waals surface area contributed by atoms with Gasteiger partial charge in [0.05, 0.1) is 12.2 Å². The van der Waals surface area contributed by atoms with Gasteiger partial charge in [0.15, 0.2) is 0 Å². The summed E-state index contributed by atoms with van der Waals surface area (Å²) in [5.41, 5.74) is 3.34. The summed E-state index contributed by atoms with van der Waals surface area (Å²) in [6.45, 7) is 1.42. The fourth-order valence-electron chi connectivity index (χ4n) is 1.95. The molecule has 2 aromatic rings. The number of benzene rings is 2. The third-order valence-corrected chi connectivity index (χ3v) is 3.03. The van der Waals surface area contributed by atoms with Gasteiger partial charge in [0.1, 0.15) is 0 Å². The van der Waals surface area contributed by atoms with Crippen LogP contribution < -0.4 is 5.32 Å². The van der Waals surface area contributed by atoms with Crippen molar-refractivity contribution < 1.29 is 15.0 Å². The van der Waals surface area contributed by atoms with Gasteiger partial charge >= 0.3 is 5.97 Å². The number of hydrogen-bond acceptors (Lipinski definition) is 3. The molecule has 0 spiro atoms. The highest BCUT2D eigenvalue weighted by Crippen LogP contribution is 2.07. The predicted molar refractivity (Wildman–Crippen MR) is 76.3 cm³/mol. The van der Waals surface area contributed by atoms with Crippen molar-refractivity contribution >= 4 is 5.97 Å². The summed E-state index contributed by atoms with van der Waals surface area (Å²) in [7, 11) is 0. The number of carboxylic acid groups (broad SMARTS) is 1. The van der Waals surface area contributed by atoms with Crippen molar-refractivity contribution in [3.8, 4) is 0 Å². The molecule has 0 aliphatic heterocycles. The first-order valence-corrected chi connectivity index (χ1v) is 6.40. The molecule has 0 saturated heterocycles. The Hall–Kier alpha value is -2.17. The zero-order valence-electron chi connectivity index (χ0n) is 11.0. The largest absolute Gasteiger partial charge is 0.478 e. The smallest absolute Gasteiger partial charge is 0.335 e. The highest BCUT2D eigenvalue weighted by atomic mass is 16.4. The Morgan fingerprint density at radius 3 is 2.25 bits per heavy atom. The van der Waals surface area contributed by atoms with Crippen molar-refractivity contribution in [2.75, 3.05) is 0 Å². The molecule has 4 heteroatoms. The molecule has 0 fully saturated rings. The molecule has 0 unspecified atom stereocenters. The maximum absolute atomic E-state index is 10.7. The average Bonchev–Trinajstić information content (AvgIpc) is 2.48. The lowest BCUT2D eigenvalue weighted by molar-refractivity contribution is 0.0697. The van der Waals surface area contributed by atoms with Crippen LogP contribution in [0, 0.1) is 0 Å². The van der Waals surface area contributed by atoms with Crippen LogP contribution in [0.4, 0.5) is 0 Å². The standard InChI is InChI=1S/C16H17NO3/c18-11-14-3-1-2-13(8-14)10-17-9-12-4-6-15(7-5-12)16(19)20/h1-8,17-18H,9-11H2,(H,19,20). The Bertz CT molecular complexity index is 579. The summed E-state index contributed by atoms with van der Waals surface area (Å²) in [5, 5.41) is 21.2. The second kappa shape index (κ2) is 6.84. The zero-order valence-corrected chi connectivity index (χ0v) is 11.0. The van der Waals surface area contributed by atoms with Gasteiger partial charge in [-0.3, -0.25) is 0 Å². The van der Waals surface area contributed by atoms with Crippen molar-refractivity contribution in [3.63, 3.8) is 0 Å². The minimum absolute atomic E-state index is 0.0461. The van der Waals surface area contributed by atoms with Gasteiger partial charge in [-0.25, -0.2) is 4.79 Å². The van der Waals surface area contributed by atoms with Crippen molar-refractivity contribution in [1.29, 1.82) is 0 Å². The molecule has 20 heavy (non-hydrogen) atoms. The summed E-state index contributed by atoms with van der Waals surface area (Å²) in [6.07, 6.45) is 0. The van der Waals surface area contributed by atoms with Crippen LogP contribution in [-0.4, -0.2) is 16.2 Å². The quantitative estimate of drug-likeness (QED) is 0.753. The molecule has 0 aromatic heterocycles. The van der Waals surface area contributed by atoms with Gasteiger partial charge in [0.25, 0.3) is 0 Å². The number of rotatable bonds is 6. The molecular formula is C16H17NO3. The summed E-state index contributed by atoms with van der Waals surface area (Å²) >= 11 is 0. The molecule has 3 N–H and O–H groups in total. The molecule has 0 saturated carbocycles. The summed E-state index contributed by atoms with van der Waals surface area (Å²) < 4.78 is 0. The van der Waals surface area contributed by atoms with Crippen LogP contribution in [0.5, 0.6) is 0 Å². The van der Waals surface area contributed by atoms with Crippen LogP contribution in [0.25, 0.3) is 0 Å². The van der Waals surface area contributed by atoms with Crippen LogP contribution in [0.3, 0.4) is 0 Å². The van der Waals surface area contributed by atoms with Crippen LogP contribution in [-0.2, 0) is 19.7 Å². The number of aliphatic hydroxyl groups excluding tert-OH is 1. The third kappa shape index (κ3) is 3.91. The second-order valence-corrected chi connectivity index (χ2v) is 4.58. The van der Waals surface area contributed by atoms with E-state index in [1.54, 1.807) is 24.3 Å². The Balaban J connectivity index is 1.87. The van der Waals surface area contributed by atoms with Crippen LogP contribution in [0.1, 0.15) is 27.0 Å². The van der Waals surface area contributed by atoms with Crippen molar-refractivity contribution in [1.82, 2.24) is 5.32 Å². The van der Waals surface area contributed by atoms with E-state index in [2.05, 4.69) is 5.32 Å². The van der Waals surface area contributed by atoms with E-state index in [-0.39, 0.29) is 6.61 Å².